The Bertz CT molecular complexity index is 1070. The molecular formula is C21H18ClN3OS. The third-order valence-electron chi connectivity index (χ3n) is 4.37. The number of fused-ring (bicyclic) bond motifs is 1. The first kappa shape index (κ1) is 17.8. The molecule has 0 unspecified atom stereocenters. The number of amides is 1. The van der Waals surface area contributed by atoms with Crippen molar-refractivity contribution < 1.29 is 4.79 Å². The number of carbonyl (C=O) groups excluding carboxylic acids is 1. The summed E-state index contributed by atoms with van der Waals surface area (Å²) in [6, 6.07) is 18.0. The second-order valence-corrected chi connectivity index (χ2v) is 7.63. The van der Waals surface area contributed by atoms with Crippen LogP contribution in [0.4, 0.5) is 0 Å². The SMILES string of the molecule is O=C(NCCc1nccn1Cc1ccccc1)c1sc2ccccc2c1Cl. The maximum atomic E-state index is 12.5. The van der Waals surface area contributed by atoms with Crippen molar-refractivity contribution in [1.82, 2.24) is 14.9 Å². The Kier molecular flexibility index (Phi) is 5.23. The number of hydrogen-bond acceptors (Lipinski definition) is 3. The Morgan fingerprint density at radius 1 is 1.11 bits per heavy atom. The van der Waals surface area contributed by atoms with E-state index in [0.29, 0.717) is 22.9 Å². The zero-order valence-corrected chi connectivity index (χ0v) is 16.1. The minimum Gasteiger partial charge on any atom is -0.351 e. The van der Waals surface area contributed by atoms with E-state index in [9.17, 15) is 4.79 Å². The molecule has 0 bridgehead atoms. The molecule has 0 radical (unpaired) electrons. The number of carbonyl (C=O) groups is 1. The molecule has 1 N–H and O–H groups in total. The molecule has 27 heavy (non-hydrogen) atoms. The van der Waals surface area contributed by atoms with Gasteiger partial charge in [-0.3, -0.25) is 4.79 Å². The van der Waals surface area contributed by atoms with Gasteiger partial charge in [-0.2, -0.15) is 0 Å². The highest BCUT2D eigenvalue weighted by molar-refractivity contribution is 7.21. The number of halogens is 1. The summed E-state index contributed by atoms with van der Waals surface area (Å²) in [4.78, 5) is 17.5. The molecule has 0 aliphatic carbocycles. The average Bonchev–Trinajstić information content (AvgIpc) is 3.27. The van der Waals surface area contributed by atoms with Crippen LogP contribution in [0.2, 0.25) is 5.02 Å². The number of aromatic nitrogens is 2. The number of rotatable bonds is 6. The smallest absolute Gasteiger partial charge is 0.262 e. The number of thiophene rings is 1. The van der Waals surface area contributed by atoms with E-state index in [1.165, 1.54) is 16.9 Å². The van der Waals surface area contributed by atoms with Gasteiger partial charge in [-0.15, -0.1) is 11.3 Å². The van der Waals surface area contributed by atoms with E-state index in [2.05, 4.69) is 27.0 Å². The molecule has 0 atom stereocenters. The average molecular weight is 396 g/mol. The van der Waals surface area contributed by atoms with Crippen molar-refractivity contribution in [2.45, 2.75) is 13.0 Å². The number of nitrogens with zero attached hydrogens (tertiary/aromatic N) is 2. The lowest BCUT2D eigenvalue weighted by Crippen LogP contribution is -2.26. The number of benzene rings is 2. The van der Waals surface area contributed by atoms with Gasteiger partial charge in [0.25, 0.3) is 5.91 Å². The zero-order valence-electron chi connectivity index (χ0n) is 14.6. The lowest BCUT2D eigenvalue weighted by atomic mass is 10.2. The lowest BCUT2D eigenvalue weighted by Gasteiger charge is -2.09. The van der Waals surface area contributed by atoms with Crippen LogP contribution in [0.25, 0.3) is 10.1 Å². The van der Waals surface area contributed by atoms with Crippen LogP contribution in [-0.2, 0) is 13.0 Å². The Hall–Kier alpha value is -2.63. The second-order valence-electron chi connectivity index (χ2n) is 6.20. The lowest BCUT2D eigenvalue weighted by molar-refractivity contribution is 0.0958. The van der Waals surface area contributed by atoms with Gasteiger partial charge in [-0.25, -0.2) is 4.98 Å². The molecule has 0 aliphatic rings. The summed E-state index contributed by atoms with van der Waals surface area (Å²) in [6.45, 7) is 1.28. The molecule has 0 aliphatic heterocycles. The largest absolute Gasteiger partial charge is 0.351 e. The molecule has 4 nitrogen and oxygen atoms in total. The van der Waals surface area contributed by atoms with Gasteiger partial charge in [0.05, 0.1) is 5.02 Å². The molecular weight excluding hydrogens is 378 g/mol. The van der Waals surface area contributed by atoms with Crippen LogP contribution in [0.3, 0.4) is 0 Å². The fourth-order valence-electron chi connectivity index (χ4n) is 3.02. The minimum absolute atomic E-state index is 0.137. The molecule has 2 heterocycles. The van der Waals surface area contributed by atoms with Gasteiger partial charge in [0, 0.05) is 42.0 Å². The minimum atomic E-state index is -0.137. The fourth-order valence-corrected chi connectivity index (χ4v) is 4.45. The van der Waals surface area contributed by atoms with Gasteiger partial charge in [0.15, 0.2) is 0 Å². The Balaban J connectivity index is 1.39. The fraction of sp³-hybridized carbons (Fsp3) is 0.143. The molecule has 6 heteroatoms. The van der Waals surface area contributed by atoms with Crippen LogP contribution in [0.15, 0.2) is 67.0 Å². The van der Waals surface area contributed by atoms with Crippen LogP contribution in [0, 0.1) is 0 Å². The highest BCUT2D eigenvalue weighted by atomic mass is 35.5. The molecule has 0 fully saturated rings. The van der Waals surface area contributed by atoms with E-state index in [1.807, 2.05) is 48.7 Å². The summed E-state index contributed by atoms with van der Waals surface area (Å²) in [5.41, 5.74) is 1.22. The van der Waals surface area contributed by atoms with E-state index in [1.54, 1.807) is 6.20 Å². The van der Waals surface area contributed by atoms with E-state index in [4.69, 9.17) is 11.6 Å². The first-order valence-electron chi connectivity index (χ1n) is 8.71. The molecule has 1 amide bonds. The summed E-state index contributed by atoms with van der Waals surface area (Å²) in [5, 5.41) is 4.41. The molecule has 0 saturated carbocycles. The van der Waals surface area contributed by atoms with E-state index in [0.717, 1.165) is 22.5 Å². The summed E-state index contributed by atoms with van der Waals surface area (Å²) >= 11 is 7.80. The van der Waals surface area contributed by atoms with Crippen LogP contribution >= 0.6 is 22.9 Å². The third-order valence-corrected chi connectivity index (χ3v) is 6.05. The zero-order chi connectivity index (χ0) is 18.6. The predicted octanol–water partition coefficient (Wildman–Crippen LogP) is 4.77. The van der Waals surface area contributed by atoms with Crippen molar-refractivity contribution in [3.63, 3.8) is 0 Å². The normalized spacial score (nSPS) is 11.0. The van der Waals surface area contributed by atoms with Gasteiger partial charge < -0.3 is 9.88 Å². The second kappa shape index (κ2) is 7.94. The monoisotopic (exact) mass is 395 g/mol. The molecule has 4 rings (SSSR count). The van der Waals surface area contributed by atoms with Crippen LogP contribution in [0.1, 0.15) is 21.1 Å². The van der Waals surface area contributed by atoms with Gasteiger partial charge in [0.1, 0.15) is 10.7 Å². The maximum Gasteiger partial charge on any atom is 0.262 e. The van der Waals surface area contributed by atoms with Gasteiger partial charge in [-0.05, 0) is 11.6 Å². The molecule has 4 aromatic rings. The highest BCUT2D eigenvalue weighted by Gasteiger charge is 2.16. The molecule has 136 valence electrons. The van der Waals surface area contributed by atoms with E-state index in [-0.39, 0.29) is 5.91 Å². The maximum absolute atomic E-state index is 12.5. The molecule has 0 spiro atoms. The summed E-state index contributed by atoms with van der Waals surface area (Å²) in [5.74, 6) is 0.809. The van der Waals surface area contributed by atoms with Crippen molar-refractivity contribution >= 4 is 38.9 Å². The quantitative estimate of drug-likeness (QED) is 0.511. The van der Waals surface area contributed by atoms with Crippen LogP contribution in [-0.4, -0.2) is 22.0 Å². The molecule has 2 aromatic carbocycles. The summed E-state index contributed by atoms with van der Waals surface area (Å²) < 4.78 is 3.12. The van der Waals surface area contributed by atoms with Gasteiger partial charge in [-0.1, -0.05) is 60.1 Å². The molecule has 0 saturated heterocycles. The Morgan fingerprint density at radius 3 is 2.70 bits per heavy atom. The first-order chi connectivity index (χ1) is 13.2. The predicted molar refractivity (Wildman–Crippen MR) is 111 cm³/mol. The van der Waals surface area contributed by atoms with Crippen molar-refractivity contribution in [1.29, 1.82) is 0 Å². The van der Waals surface area contributed by atoms with Crippen molar-refractivity contribution in [2.24, 2.45) is 0 Å². The number of nitrogens with one attached hydrogen (secondary N) is 1. The topological polar surface area (TPSA) is 46.9 Å². The van der Waals surface area contributed by atoms with Gasteiger partial charge >= 0.3 is 0 Å². The van der Waals surface area contributed by atoms with Crippen molar-refractivity contribution in [2.75, 3.05) is 6.54 Å². The Labute approximate surface area is 166 Å². The number of hydrogen-bond donors (Lipinski definition) is 1. The standard InChI is InChI=1S/C21H18ClN3OS/c22-19-16-8-4-5-9-17(16)27-20(19)21(26)24-11-10-18-23-12-13-25(18)14-15-6-2-1-3-7-15/h1-9,12-13H,10-11,14H2,(H,24,26). The molecule has 2 aromatic heterocycles. The van der Waals surface area contributed by atoms with E-state index >= 15 is 0 Å². The summed E-state index contributed by atoms with van der Waals surface area (Å²) in [6.07, 6.45) is 4.42. The van der Waals surface area contributed by atoms with E-state index < -0.39 is 0 Å². The summed E-state index contributed by atoms with van der Waals surface area (Å²) in [7, 11) is 0. The Morgan fingerprint density at radius 2 is 1.89 bits per heavy atom. The third kappa shape index (κ3) is 3.89. The number of imidazole rings is 1. The van der Waals surface area contributed by atoms with Crippen LogP contribution < -0.4 is 5.32 Å². The van der Waals surface area contributed by atoms with Crippen LogP contribution in [0.5, 0.6) is 0 Å². The van der Waals surface area contributed by atoms with Crippen molar-refractivity contribution in [3.05, 3.63) is 88.3 Å². The first-order valence-corrected chi connectivity index (χ1v) is 9.91. The highest BCUT2D eigenvalue weighted by Crippen LogP contribution is 2.34. The van der Waals surface area contributed by atoms with Gasteiger partial charge in [0.2, 0.25) is 0 Å². The van der Waals surface area contributed by atoms with Crippen molar-refractivity contribution in [3.8, 4) is 0 Å².